The molecule has 0 aliphatic carbocycles. The zero-order valence-electron chi connectivity index (χ0n) is 9.71. The van der Waals surface area contributed by atoms with Crippen molar-refractivity contribution in [2.45, 2.75) is 17.7 Å². The first-order valence-corrected chi connectivity index (χ1v) is 6.73. The Bertz CT molecular complexity index is 607. The maximum atomic E-state index is 11.9. The largest absolute Gasteiger partial charge is 0.469 e. The molecule has 18 heavy (non-hydrogen) atoms. The molecular weight excluding hydrogens is 256 g/mol. The second-order valence-corrected chi connectivity index (χ2v) is 5.28. The van der Waals surface area contributed by atoms with Crippen molar-refractivity contribution in [3.05, 3.63) is 24.3 Å². The van der Waals surface area contributed by atoms with Crippen molar-refractivity contribution in [3.8, 4) is 0 Å². The Kier molecular flexibility index (Phi) is 3.33. The summed E-state index contributed by atoms with van der Waals surface area (Å²) in [5.74, 6) is -0.158. The van der Waals surface area contributed by atoms with Crippen LogP contribution in [0.5, 0.6) is 0 Å². The van der Waals surface area contributed by atoms with Gasteiger partial charge in [0.1, 0.15) is 10.7 Å². The van der Waals surface area contributed by atoms with Gasteiger partial charge in [0.2, 0.25) is 0 Å². The summed E-state index contributed by atoms with van der Waals surface area (Å²) in [6, 6.07) is 6.50. The first-order valence-electron chi connectivity index (χ1n) is 5.29. The summed E-state index contributed by atoms with van der Waals surface area (Å²) < 4.78 is 31.8. The van der Waals surface area contributed by atoms with E-state index in [4.69, 9.17) is 0 Å². The van der Waals surface area contributed by atoms with Crippen LogP contribution in [-0.4, -0.2) is 27.3 Å². The molecule has 1 aromatic carbocycles. The third kappa shape index (κ3) is 2.51. The van der Waals surface area contributed by atoms with E-state index in [0.29, 0.717) is 5.69 Å². The average molecular weight is 268 g/mol. The summed E-state index contributed by atoms with van der Waals surface area (Å²) in [4.78, 5) is 11.2. The van der Waals surface area contributed by atoms with E-state index in [1.165, 1.54) is 13.2 Å². The number of ether oxygens (including phenoxy) is 1. The van der Waals surface area contributed by atoms with Crippen LogP contribution in [0.3, 0.4) is 0 Å². The van der Waals surface area contributed by atoms with Gasteiger partial charge in [-0.05, 0) is 12.1 Å². The molecule has 1 heterocycles. The molecule has 6 nitrogen and oxygen atoms in total. The highest BCUT2D eigenvalue weighted by molar-refractivity contribution is 7.90. The second-order valence-electron chi connectivity index (χ2n) is 3.71. The quantitative estimate of drug-likeness (QED) is 0.831. The number of benzene rings is 1. The number of fused-ring (bicyclic) bond motifs is 1. The van der Waals surface area contributed by atoms with Gasteiger partial charge < -0.3 is 10.1 Å². The molecule has 0 atom stereocenters. The predicted octanol–water partition coefficient (Wildman–Crippen LogP) is 1.15. The van der Waals surface area contributed by atoms with Gasteiger partial charge in [-0.1, -0.05) is 12.1 Å². The normalized spacial score (nSPS) is 16.2. The number of hydrogen-bond donors (Lipinski definition) is 1. The minimum absolute atomic E-state index is 0.0834. The molecule has 0 saturated heterocycles. The fraction of sp³-hybridized carbons (Fsp3) is 0.273. The number of para-hydroxylation sites is 1. The number of hydrogen-bond acceptors (Lipinski definition) is 5. The van der Waals surface area contributed by atoms with Gasteiger partial charge in [0, 0.05) is 6.42 Å². The summed E-state index contributed by atoms with van der Waals surface area (Å²) in [6.07, 6.45) is 0.278. The minimum Gasteiger partial charge on any atom is -0.469 e. The van der Waals surface area contributed by atoms with Crippen molar-refractivity contribution >= 4 is 27.5 Å². The molecule has 0 saturated carbocycles. The van der Waals surface area contributed by atoms with Gasteiger partial charge >= 0.3 is 5.97 Å². The molecular formula is C11H12N2O4S. The third-order valence-electron chi connectivity index (χ3n) is 2.47. The van der Waals surface area contributed by atoms with Crippen LogP contribution in [0.1, 0.15) is 12.8 Å². The molecule has 1 aliphatic rings. The molecule has 1 aromatic rings. The first kappa shape index (κ1) is 12.6. The molecule has 7 heteroatoms. The highest BCUT2D eigenvalue weighted by Gasteiger charge is 2.24. The standard InChI is InChI=1S/C11H12N2O4S/c1-17-11(14)7-6-10-12-8-4-2-3-5-9(8)18(15,16)13-10/h2-5H,6-7H2,1H3,(H,12,13). The van der Waals surface area contributed by atoms with Crippen LogP contribution in [0, 0.1) is 0 Å². The lowest BCUT2D eigenvalue weighted by atomic mass is 10.2. The lowest BCUT2D eigenvalue weighted by molar-refractivity contribution is -0.140. The van der Waals surface area contributed by atoms with Crippen molar-refractivity contribution in [2.24, 2.45) is 4.40 Å². The van der Waals surface area contributed by atoms with Gasteiger partial charge in [-0.3, -0.25) is 4.79 Å². The smallest absolute Gasteiger partial charge is 0.305 e. The van der Waals surface area contributed by atoms with Crippen molar-refractivity contribution in [1.29, 1.82) is 0 Å². The number of anilines is 1. The van der Waals surface area contributed by atoms with Gasteiger partial charge in [0.25, 0.3) is 10.0 Å². The first-order chi connectivity index (χ1) is 8.53. The molecule has 96 valence electrons. The summed E-state index contributed by atoms with van der Waals surface area (Å²) >= 11 is 0. The zero-order valence-corrected chi connectivity index (χ0v) is 10.5. The Hall–Kier alpha value is -1.89. The van der Waals surface area contributed by atoms with Crippen LogP contribution >= 0.6 is 0 Å². The van der Waals surface area contributed by atoms with E-state index in [2.05, 4.69) is 14.5 Å². The van der Waals surface area contributed by atoms with E-state index in [-0.39, 0.29) is 23.6 Å². The average Bonchev–Trinajstić information content (AvgIpc) is 2.35. The van der Waals surface area contributed by atoms with Crippen molar-refractivity contribution < 1.29 is 17.9 Å². The van der Waals surface area contributed by atoms with E-state index < -0.39 is 16.0 Å². The Morgan fingerprint density at radius 2 is 2.11 bits per heavy atom. The number of methoxy groups -OCH3 is 1. The van der Waals surface area contributed by atoms with E-state index in [1.807, 2.05) is 0 Å². The Morgan fingerprint density at radius 1 is 1.39 bits per heavy atom. The van der Waals surface area contributed by atoms with Crippen molar-refractivity contribution in [1.82, 2.24) is 0 Å². The maximum Gasteiger partial charge on any atom is 0.305 e. The van der Waals surface area contributed by atoms with Gasteiger partial charge in [-0.15, -0.1) is 4.40 Å². The van der Waals surface area contributed by atoms with Gasteiger partial charge in [-0.25, -0.2) is 0 Å². The zero-order chi connectivity index (χ0) is 13.2. The van der Waals surface area contributed by atoms with Gasteiger partial charge in [-0.2, -0.15) is 8.42 Å². The Morgan fingerprint density at radius 3 is 2.83 bits per heavy atom. The summed E-state index contributed by atoms with van der Waals surface area (Å²) in [6.45, 7) is 0. The topological polar surface area (TPSA) is 84.8 Å². The molecule has 0 amide bonds. The predicted molar refractivity (Wildman–Crippen MR) is 65.9 cm³/mol. The minimum atomic E-state index is -3.67. The molecule has 1 N–H and O–H groups in total. The monoisotopic (exact) mass is 268 g/mol. The molecule has 0 spiro atoms. The molecule has 2 rings (SSSR count). The van der Waals surface area contributed by atoms with Crippen LogP contribution in [0.4, 0.5) is 5.69 Å². The SMILES string of the molecule is COC(=O)CCC1=NS(=O)(=O)c2ccccc2N1. The molecule has 0 aromatic heterocycles. The van der Waals surface area contributed by atoms with Gasteiger partial charge in [0.15, 0.2) is 0 Å². The molecule has 0 unspecified atom stereocenters. The number of amidine groups is 1. The fourth-order valence-electron chi connectivity index (χ4n) is 1.60. The second kappa shape index (κ2) is 4.77. The van der Waals surface area contributed by atoms with Crippen LogP contribution in [0.25, 0.3) is 0 Å². The highest BCUT2D eigenvalue weighted by atomic mass is 32.2. The third-order valence-corrected chi connectivity index (χ3v) is 3.84. The Labute approximate surface area is 105 Å². The van der Waals surface area contributed by atoms with E-state index in [9.17, 15) is 13.2 Å². The fourth-order valence-corrected chi connectivity index (χ4v) is 2.77. The summed E-state index contributed by atoms with van der Waals surface area (Å²) in [5.41, 5.74) is 0.479. The molecule has 0 fully saturated rings. The number of rotatable bonds is 3. The lowest BCUT2D eigenvalue weighted by Gasteiger charge is -2.17. The summed E-state index contributed by atoms with van der Waals surface area (Å²) in [5, 5.41) is 2.90. The number of carbonyl (C=O) groups is 1. The number of nitrogens with one attached hydrogen (secondary N) is 1. The maximum absolute atomic E-state index is 11.9. The molecule has 0 radical (unpaired) electrons. The number of esters is 1. The summed E-state index contributed by atoms with van der Waals surface area (Å²) in [7, 11) is -2.39. The van der Waals surface area contributed by atoms with E-state index >= 15 is 0 Å². The molecule has 0 bridgehead atoms. The lowest BCUT2D eigenvalue weighted by Crippen LogP contribution is -2.22. The Balaban J connectivity index is 2.23. The highest BCUT2D eigenvalue weighted by Crippen LogP contribution is 2.27. The van der Waals surface area contributed by atoms with Crippen LogP contribution in [-0.2, 0) is 19.6 Å². The van der Waals surface area contributed by atoms with Crippen molar-refractivity contribution in [2.75, 3.05) is 12.4 Å². The number of sulfonamides is 1. The van der Waals surface area contributed by atoms with Crippen LogP contribution in [0.2, 0.25) is 0 Å². The van der Waals surface area contributed by atoms with E-state index in [0.717, 1.165) is 0 Å². The molecule has 1 aliphatic heterocycles. The van der Waals surface area contributed by atoms with Gasteiger partial charge in [0.05, 0.1) is 19.2 Å². The van der Waals surface area contributed by atoms with Crippen molar-refractivity contribution in [3.63, 3.8) is 0 Å². The number of carbonyl (C=O) groups excluding carboxylic acids is 1. The van der Waals surface area contributed by atoms with E-state index in [1.54, 1.807) is 18.2 Å². The van der Waals surface area contributed by atoms with Crippen LogP contribution < -0.4 is 5.32 Å². The van der Waals surface area contributed by atoms with Crippen LogP contribution in [0.15, 0.2) is 33.6 Å². The number of nitrogens with zero attached hydrogens (tertiary/aromatic N) is 1.